The van der Waals surface area contributed by atoms with E-state index in [1.54, 1.807) is 42.5 Å². The third-order valence-electron chi connectivity index (χ3n) is 2.93. The molecule has 0 aliphatic heterocycles. The minimum atomic E-state index is -0.674. The molecule has 0 saturated heterocycles. The molecular weight excluding hydrogens is 301 g/mol. The summed E-state index contributed by atoms with van der Waals surface area (Å²) in [6, 6.07) is 12.0. The first-order valence-electron chi connectivity index (χ1n) is 6.72. The van der Waals surface area contributed by atoms with Crippen LogP contribution < -0.4 is 10.2 Å². The number of ether oxygens (including phenoxy) is 1. The molecule has 0 aliphatic rings. The number of hydroxylamine groups is 1. The summed E-state index contributed by atoms with van der Waals surface area (Å²) in [5, 5.41) is 8.35. The van der Waals surface area contributed by atoms with Gasteiger partial charge in [0.2, 0.25) is 0 Å². The van der Waals surface area contributed by atoms with Crippen LogP contribution in [0.2, 0.25) is 0 Å². The molecule has 0 heterocycles. The number of carbonyl (C=O) groups excluding carboxylic acids is 2. The molecule has 0 saturated carbocycles. The van der Waals surface area contributed by atoms with Gasteiger partial charge in [-0.2, -0.15) is 0 Å². The van der Waals surface area contributed by atoms with E-state index < -0.39 is 5.91 Å². The third-order valence-corrected chi connectivity index (χ3v) is 2.93. The highest BCUT2D eigenvalue weighted by molar-refractivity contribution is 6.06. The van der Waals surface area contributed by atoms with Crippen molar-refractivity contribution in [1.29, 1.82) is 0 Å². The Hall–Kier alpha value is -2.99. The predicted molar refractivity (Wildman–Crippen MR) is 81.6 cm³/mol. The maximum absolute atomic E-state index is 12.8. The zero-order valence-electron chi connectivity index (χ0n) is 12.0. The summed E-state index contributed by atoms with van der Waals surface area (Å²) in [6.07, 6.45) is 2.99. The molecule has 5 nitrogen and oxygen atoms in total. The zero-order chi connectivity index (χ0) is 16.7. The molecule has 6 heteroatoms. The Morgan fingerprint density at radius 1 is 1.09 bits per heavy atom. The minimum Gasteiger partial charge on any atom is -0.484 e. The van der Waals surface area contributed by atoms with E-state index >= 15 is 0 Å². The van der Waals surface area contributed by atoms with E-state index in [0.717, 1.165) is 5.56 Å². The van der Waals surface area contributed by atoms with Gasteiger partial charge in [0, 0.05) is 5.56 Å². The van der Waals surface area contributed by atoms with E-state index in [1.807, 2.05) is 0 Å². The molecule has 0 aliphatic carbocycles. The van der Waals surface area contributed by atoms with Crippen LogP contribution in [0, 0.1) is 5.82 Å². The fourth-order valence-corrected chi connectivity index (χ4v) is 1.74. The van der Waals surface area contributed by atoms with Crippen LogP contribution in [0.15, 0.2) is 54.6 Å². The van der Waals surface area contributed by atoms with Crippen molar-refractivity contribution in [2.24, 2.45) is 0 Å². The topological polar surface area (TPSA) is 75.6 Å². The van der Waals surface area contributed by atoms with Gasteiger partial charge < -0.3 is 4.74 Å². The number of carbonyl (C=O) groups is 2. The van der Waals surface area contributed by atoms with Gasteiger partial charge in [0.15, 0.2) is 12.4 Å². The average molecular weight is 315 g/mol. The second-order valence-electron chi connectivity index (χ2n) is 4.60. The molecule has 2 aromatic rings. The van der Waals surface area contributed by atoms with Crippen LogP contribution in [0.4, 0.5) is 4.39 Å². The van der Waals surface area contributed by atoms with Gasteiger partial charge in [-0.3, -0.25) is 14.8 Å². The lowest BCUT2D eigenvalue weighted by molar-refractivity contribution is -0.131. The third kappa shape index (κ3) is 5.05. The highest BCUT2D eigenvalue weighted by Crippen LogP contribution is 2.13. The van der Waals surface area contributed by atoms with E-state index in [4.69, 9.17) is 9.94 Å². The lowest BCUT2D eigenvalue weighted by atomic mass is 10.1. The summed E-state index contributed by atoms with van der Waals surface area (Å²) in [5.74, 6) is -0.826. The normalized spacial score (nSPS) is 10.5. The Kier molecular flexibility index (Phi) is 5.60. The fourth-order valence-electron chi connectivity index (χ4n) is 1.74. The number of nitrogens with one attached hydrogen (secondary N) is 1. The number of benzene rings is 2. The van der Waals surface area contributed by atoms with Crippen molar-refractivity contribution in [1.82, 2.24) is 5.48 Å². The van der Waals surface area contributed by atoms with Crippen LogP contribution in [0.25, 0.3) is 6.08 Å². The number of allylic oxidation sites excluding steroid dienone is 1. The molecular formula is C17H14FNO4. The number of amides is 1. The fraction of sp³-hybridized carbons (Fsp3) is 0.0588. The van der Waals surface area contributed by atoms with E-state index in [1.165, 1.54) is 23.7 Å². The van der Waals surface area contributed by atoms with Crippen LogP contribution in [-0.2, 0) is 4.79 Å². The second kappa shape index (κ2) is 7.86. The van der Waals surface area contributed by atoms with Crippen molar-refractivity contribution in [3.05, 3.63) is 71.6 Å². The smallest absolute Gasteiger partial charge is 0.281 e. The summed E-state index contributed by atoms with van der Waals surface area (Å²) in [5.41, 5.74) is 2.61. The molecule has 2 aromatic carbocycles. The number of ketones is 1. The van der Waals surface area contributed by atoms with Gasteiger partial charge >= 0.3 is 0 Å². The average Bonchev–Trinajstić information content (AvgIpc) is 2.59. The molecule has 0 bridgehead atoms. The first-order chi connectivity index (χ1) is 11.1. The lowest BCUT2D eigenvalue weighted by Crippen LogP contribution is -2.25. The highest BCUT2D eigenvalue weighted by Gasteiger charge is 2.04. The zero-order valence-corrected chi connectivity index (χ0v) is 12.0. The van der Waals surface area contributed by atoms with Gasteiger partial charge in [0.05, 0.1) is 0 Å². The summed E-state index contributed by atoms with van der Waals surface area (Å²) in [4.78, 5) is 22.8. The van der Waals surface area contributed by atoms with E-state index in [0.29, 0.717) is 11.3 Å². The van der Waals surface area contributed by atoms with Crippen molar-refractivity contribution in [3.63, 3.8) is 0 Å². The Labute approximate surface area is 132 Å². The Bertz CT molecular complexity index is 708. The summed E-state index contributed by atoms with van der Waals surface area (Å²) in [7, 11) is 0. The van der Waals surface area contributed by atoms with Crippen molar-refractivity contribution < 1.29 is 23.9 Å². The lowest BCUT2D eigenvalue weighted by Gasteiger charge is -2.04. The molecule has 0 aromatic heterocycles. The molecule has 23 heavy (non-hydrogen) atoms. The highest BCUT2D eigenvalue weighted by atomic mass is 19.1. The van der Waals surface area contributed by atoms with Crippen LogP contribution in [-0.4, -0.2) is 23.5 Å². The van der Waals surface area contributed by atoms with Gasteiger partial charge in [-0.15, -0.1) is 0 Å². The van der Waals surface area contributed by atoms with Crippen molar-refractivity contribution in [2.75, 3.05) is 6.61 Å². The minimum absolute atomic E-state index is 0.214. The van der Waals surface area contributed by atoms with Crippen molar-refractivity contribution >= 4 is 17.8 Å². The van der Waals surface area contributed by atoms with Gasteiger partial charge in [0.25, 0.3) is 5.91 Å². The number of halogens is 1. The molecule has 0 spiro atoms. The van der Waals surface area contributed by atoms with Crippen molar-refractivity contribution in [2.45, 2.75) is 0 Å². The van der Waals surface area contributed by atoms with Crippen LogP contribution in [0.3, 0.4) is 0 Å². The monoisotopic (exact) mass is 315 g/mol. The van der Waals surface area contributed by atoms with Crippen LogP contribution in [0.1, 0.15) is 15.9 Å². The summed E-state index contributed by atoms with van der Waals surface area (Å²) < 4.78 is 17.9. The molecule has 2 N–H and O–H groups in total. The number of hydrogen-bond donors (Lipinski definition) is 2. The molecule has 0 radical (unpaired) electrons. The Balaban J connectivity index is 1.97. The molecule has 0 unspecified atom stereocenters. The van der Waals surface area contributed by atoms with E-state index in [9.17, 15) is 14.0 Å². The predicted octanol–water partition coefficient (Wildman–Crippen LogP) is 2.61. The van der Waals surface area contributed by atoms with Gasteiger partial charge in [0.1, 0.15) is 11.6 Å². The number of rotatable bonds is 6. The van der Waals surface area contributed by atoms with Crippen LogP contribution >= 0.6 is 0 Å². The van der Waals surface area contributed by atoms with E-state index in [2.05, 4.69) is 0 Å². The van der Waals surface area contributed by atoms with Gasteiger partial charge in [-0.25, -0.2) is 9.87 Å². The first-order valence-corrected chi connectivity index (χ1v) is 6.72. The number of hydrogen-bond acceptors (Lipinski definition) is 4. The standard InChI is InChI=1S/C17H14FNO4/c18-14-6-1-12(2-7-14)3-10-16(20)13-4-8-15(9-5-13)23-11-17(21)19-22/h1-10,22H,11H2,(H,19,21)/b10-3+. The first kappa shape index (κ1) is 16.4. The van der Waals surface area contributed by atoms with Gasteiger partial charge in [-0.05, 0) is 48.0 Å². The molecule has 0 fully saturated rings. The molecule has 1 amide bonds. The largest absolute Gasteiger partial charge is 0.484 e. The molecule has 2 rings (SSSR count). The van der Waals surface area contributed by atoms with Crippen LogP contribution in [0.5, 0.6) is 5.75 Å². The molecule has 118 valence electrons. The van der Waals surface area contributed by atoms with E-state index in [-0.39, 0.29) is 18.2 Å². The maximum atomic E-state index is 12.8. The van der Waals surface area contributed by atoms with Crippen molar-refractivity contribution in [3.8, 4) is 5.75 Å². The Morgan fingerprint density at radius 3 is 2.35 bits per heavy atom. The SMILES string of the molecule is O=C(COc1ccc(C(=O)/C=C/c2ccc(F)cc2)cc1)NO. The van der Waals surface area contributed by atoms with Gasteiger partial charge in [-0.1, -0.05) is 18.2 Å². The quantitative estimate of drug-likeness (QED) is 0.372. The summed E-state index contributed by atoms with van der Waals surface area (Å²) >= 11 is 0. The Morgan fingerprint density at radius 2 is 1.74 bits per heavy atom. The second-order valence-corrected chi connectivity index (χ2v) is 4.60. The molecule has 0 atom stereocenters. The maximum Gasteiger partial charge on any atom is 0.281 e. The summed E-state index contributed by atoms with van der Waals surface area (Å²) in [6.45, 7) is -0.325.